The third kappa shape index (κ3) is 5.46. The van der Waals surface area contributed by atoms with Crippen molar-refractivity contribution in [3.63, 3.8) is 0 Å². The van der Waals surface area contributed by atoms with E-state index in [1.807, 2.05) is 33.8 Å². The van der Waals surface area contributed by atoms with Crippen molar-refractivity contribution >= 4 is 11.8 Å². The number of ketones is 1. The fourth-order valence-corrected chi connectivity index (χ4v) is 4.42. The van der Waals surface area contributed by atoms with Gasteiger partial charge < -0.3 is 28.0 Å². The van der Waals surface area contributed by atoms with Crippen molar-refractivity contribution in [2.24, 2.45) is 0 Å². The maximum atomic E-state index is 12.9. The summed E-state index contributed by atoms with van der Waals surface area (Å²) in [4.78, 5) is 25.5. The molecule has 3 aromatic rings. The standard InChI is InChI=1S/C27H32N2O7/c1-16-11-22(18(3)29(16)13-21-7-6-10-33-21)24(30)15-35-27(31)20-8-9-25(26(12-20)32-5)34-14-23-17(2)28-36-19(23)4/h8-9,11-12,21H,6-7,10,13-15H2,1-5H3/t21-/m1/s1. The summed E-state index contributed by atoms with van der Waals surface area (Å²) in [7, 11) is 1.49. The Labute approximate surface area is 210 Å². The molecule has 1 atom stereocenters. The number of hydrogen-bond acceptors (Lipinski definition) is 8. The zero-order valence-electron chi connectivity index (χ0n) is 21.4. The number of Topliss-reactive ketones (excluding diaryl/α,β-unsaturated/α-hetero) is 1. The van der Waals surface area contributed by atoms with Gasteiger partial charge in [-0.25, -0.2) is 4.79 Å². The van der Waals surface area contributed by atoms with Gasteiger partial charge in [-0.3, -0.25) is 4.79 Å². The third-order valence-corrected chi connectivity index (χ3v) is 6.57. The Morgan fingerprint density at radius 1 is 1.14 bits per heavy atom. The topological polar surface area (TPSA) is 102 Å². The SMILES string of the molecule is COc1cc(C(=O)OCC(=O)c2cc(C)n(C[C@H]3CCCO3)c2C)ccc1OCc1c(C)noc1C. The summed E-state index contributed by atoms with van der Waals surface area (Å²) in [6.07, 6.45) is 2.25. The first-order valence-corrected chi connectivity index (χ1v) is 12.0. The van der Waals surface area contributed by atoms with Crippen LogP contribution in [-0.4, -0.2) is 47.9 Å². The van der Waals surface area contributed by atoms with E-state index in [9.17, 15) is 9.59 Å². The zero-order chi connectivity index (χ0) is 25.8. The first-order chi connectivity index (χ1) is 17.3. The molecule has 9 nitrogen and oxygen atoms in total. The maximum Gasteiger partial charge on any atom is 0.338 e. The van der Waals surface area contributed by atoms with E-state index in [1.54, 1.807) is 12.1 Å². The summed E-state index contributed by atoms with van der Waals surface area (Å²) in [6.45, 7) is 8.93. The van der Waals surface area contributed by atoms with Crippen LogP contribution in [0.2, 0.25) is 0 Å². The highest BCUT2D eigenvalue weighted by Gasteiger charge is 2.22. The molecule has 0 N–H and O–H groups in total. The highest BCUT2D eigenvalue weighted by Crippen LogP contribution is 2.30. The van der Waals surface area contributed by atoms with E-state index < -0.39 is 5.97 Å². The van der Waals surface area contributed by atoms with Crippen LogP contribution >= 0.6 is 0 Å². The van der Waals surface area contributed by atoms with Crippen molar-refractivity contribution in [3.8, 4) is 11.5 Å². The van der Waals surface area contributed by atoms with Crippen LogP contribution in [0.1, 0.15) is 62.0 Å². The predicted octanol–water partition coefficient (Wildman–Crippen LogP) is 4.52. The molecule has 0 saturated carbocycles. The summed E-state index contributed by atoms with van der Waals surface area (Å²) in [5.41, 5.74) is 4.26. The average Bonchev–Trinajstić information content (AvgIpc) is 3.58. The molecular weight excluding hydrogens is 464 g/mol. The highest BCUT2D eigenvalue weighted by molar-refractivity contribution is 6.00. The quantitative estimate of drug-likeness (QED) is 0.298. The molecule has 192 valence electrons. The van der Waals surface area contributed by atoms with Crippen LogP contribution in [0, 0.1) is 27.7 Å². The summed E-state index contributed by atoms with van der Waals surface area (Å²) < 4.78 is 29.6. The third-order valence-electron chi connectivity index (χ3n) is 6.57. The van der Waals surface area contributed by atoms with Gasteiger partial charge in [-0.2, -0.15) is 0 Å². The van der Waals surface area contributed by atoms with Gasteiger partial charge >= 0.3 is 5.97 Å². The fourth-order valence-electron chi connectivity index (χ4n) is 4.42. The molecule has 2 aromatic heterocycles. The molecule has 0 unspecified atom stereocenters. The van der Waals surface area contributed by atoms with E-state index in [2.05, 4.69) is 9.72 Å². The molecule has 4 rings (SSSR count). The lowest BCUT2D eigenvalue weighted by atomic mass is 10.1. The molecule has 0 amide bonds. The van der Waals surface area contributed by atoms with E-state index >= 15 is 0 Å². The minimum absolute atomic E-state index is 0.168. The van der Waals surface area contributed by atoms with Crippen LogP contribution in [0.3, 0.4) is 0 Å². The maximum absolute atomic E-state index is 12.9. The Bertz CT molecular complexity index is 1230. The number of hydrogen-bond donors (Lipinski definition) is 0. The van der Waals surface area contributed by atoms with Gasteiger partial charge in [0.1, 0.15) is 12.4 Å². The lowest BCUT2D eigenvalue weighted by molar-refractivity contribution is 0.0474. The Hall–Kier alpha value is -3.59. The van der Waals surface area contributed by atoms with Crippen LogP contribution < -0.4 is 9.47 Å². The Balaban J connectivity index is 1.38. The number of esters is 1. The number of methoxy groups -OCH3 is 1. The number of aromatic nitrogens is 2. The van der Waals surface area contributed by atoms with Crippen molar-refractivity contribution in [2.75, 3.05) is 20.3 Å². The molecular formula is C27H32N2O7. The van der Waals surface area contributed by atoms with E-state index in [4.69, 9.17) is 23.5 Å². The van der Waals surface area contributed by atoms with Crippen molar-refractivity contribution < 1.29 is 33.1 Å². The van der Waals surface area contributed by atoms with Crippen molar-refractivity contribution in [3.05, 3.63) is 63.8 Å². The van der Waals surface area contributed by atoms with Gasteiger partial charge in [0.05, 0.1) is 30.0 Å². The average molecular weight is 497 g/mol. The molecule has 1 aromatic carbocycles. The van der Waals surface area contributed by atoms with Crippen molar-refractivity contribution in [1.82, 2.24) is 9.72 Å². The first kappa shape index (κ1) is 25.5. The molecule has 0 aliphatic carbocycles. The van der Waals surface area contributed by atoms with Crippen molar-refractivity contribution in [1.29, 1.82) is 0 Å². The number of aryl methyl sites for hydroxylation is 3. The number of carbonyl (C=O) groups excluding carboxylic acids is 2. The first-order valence-electron chi connectivity index (χ1n) is 12.0. The lowest BCUT2D eigenvalue weighted by Gasteiger charge is -2.14. The Kier molecular flexibility index (Phi) is 7.79. The van der Waals surface area contributed by atoms with Crippen LogP contribution in [0.5, 0.6) is 11.5 Å². The van der Waals surface area contributed by atoms with E-state index in [-0.39, 0.29) is 30.7 Å². The summed E-state index contributed by atoms with van der Waals surface area (Å²) in [5, 5.41) is 3.92. The smallest absolute Gasteiger partial charge is 0.338 e. The van der Waals surface area contributed by atoms with E-state index in [1.165, 1.54) is 13.2 Å². The number of nitrogens with zero attached hydrogens (tertiary/aromatic N) is 2. The van der Waals surface area contributed by atoms with Gasteiger partial charge in [-0.15, -0.1) is 0 Å². The molecule has 0 bridgehead atoms. The second-order valence-electron chi connectivity index (χ2n) is 8.99. The molecule has 3 heterocycles. The van der Waals surface area contributed by atoms with Gasteiger partial charge in [0, 0.05) is 30.1 Å². The lowest BCUT2D eigenvalue weighted by Crippen LogP contribution is -2.18. The van der Waals surface area contributed by atoms with E-state index in [0.717, 1.165) is 48.6 Å². The van der Waals surface area contributed by atoms with Crippen LogP contribution in [0.4, 0.5) is 0 Å². The molecule has 1 fully saturated rings. The predicted molar refractivity (Wildman–Crippen MR) is 131 cm³/mol. The summed E-state index contributed by atoms with van der Waals surface area (Å²) >= 11 is 0. The highest BCUT2D eigenvalue weighted by atomic mass is 16.5. The molecule has 1 aliphatic rings. The number of rotatable bonds is 10. The minimum atomic E-state index is -0.618. The molecule has 1 saturated heterocycles. The molecule has 9 heteroatoms. The number of carbonyl (C=O) groups is 2. The summed E-state index contributed by atoms with van der Waals surface area (Å²) in [6, 6.07) is 6.58. The fraction of sp³-hybridized carbons (Fsp3) is 0.444. The Morgan fingerprint density at radius 2 is 1.94 bits per heavy atom. The monoisotopic (exact) mass is 496 g/mol. The molecule has 0 spiro atoms. The zero-order valence-corrected chi connectivity index (χ0v) is 21.4. The number of ether oxygens (including phenoxy) is 4. The molecule has 36 heavy (non-hydrogen) atoms. The van der Waals surface area contributed by atoms with Gasteiger partial charge in [-0.05, 0) is 64.8 Å². The molecule has 1 aliphatic heterocycles. The van der Waals surface area contributed by atoms with E-state index in [0.29, 0.717) is 22.8 Å². The second kappa shape index (κ2) is 11.0. The molecule has 0 radical (unpaired) electrons. The van der Waals surface area contributed by atoms with Gasteiger partial charge in [0.15, 0.2) is 18.1 Å². The largest absolute Gasteiger partial charge is 0.493 e. The number of benzene rings is 1. The van der Waals surface area contributed by atoms with Crippen LogP contribution in [-0.2, 0) is 22.6 Å². The Morgan fingerprint density at radius 3 is 2.61 bits per heavy atom. The van der Waals surface area contributed by atoms with Gasteiger partial charge in [0.25, 0.3) is 0 Å². The van der Waals surface area contributed by atoms with Crippen molar-refractivity contribution in [2.45, 2.75) is 59.8 Å². The summed E-state index contributed by atoms with van der Waals surface area (Å²) in [5.74, 6) is 0.654. The van der Waals surface area contributed by atoms with Gasteiger partial charge in [0.2, 0.25) is 5.78 Å². The second-order valence-corrected chi connectivity index (χ2v) is 8.99. The normalized spacial score (nSPS) is 15.2. The van der Waals surface area contributed by atoms with Crippen LogP contribution in [0.25, 0.3) is 0 Å². The minimum Gasteiger partial charge on any atom is -0.493 e. The van der Waals surface area contributed by atoms with Gasteiger partial charge in [-0.1, -0.05) is 5.16 Å². The van der Waals surface area contributed by atoms with Crippen LogP contribution in [0.15, 0.2) is 28.8 Å².